The molecule has 1 aliphatic rings. The minimum absolute atomic E-state index is 0.353. The smallest absolute Gasteiger partial charge is 0.238 e. The zero-order valence-corrected chi connectivity index (χ0v) is 9.77. The SMILES string of the molecule is COc1nc(NCC2(O)CCOC2)ccc1N. The van der Waals surface area contributed by atoms with Gasteiger partial charge in [0.1, 0.15) is 11.4 Å². The monoisotopic (exact) mass is 239 g/mol. The van der Waals surface area contributed by atoms with Gasteiger partial charge in [0.05, 0.1) is 19.4 Å². The lowest BCUT2D eigenvalue weighted by Crippen LogP contribution is -2.37. The van der Waals surface area contributed by atoms with E-state index >= 15 is 0 Å². The van der Waals surface area contributed by atoms with Gasteiger partial charge >= 0.3 is 0 Å². The molecule has 94 valence electrons. The molecular weight excluding hydrogens is 222 g/mol. The second-order valence-electron chi connectivity index (χ2n) is 4.18. The van der Waals surface area contributed by atoms with Crippen LogP contribution in [0.3, 0.4) is 0 Å². The van der Waals surface area contributed by atoms with E-state index in [2.05, 4.69) is 10.3 Å². The van der Waals surface area contributed by atoms with Crippen LogP contribution >= 0.6 is 0 Å². The molecule has 1 fully saturated rings. The van der Waals surface area contributed by atoms with Crippen LogP contribution < -0.4 is 15.8 Å². The molecule has 1 unspecified atom stereocenters. The third kappa shape index (κ3) is 2.78. The molecule has 0 radical (unpaired) electrons. The summed E-state index contributed by atoms with van der Waals surface area (Å²) in [4.78, 5) is 4.17. The number of ether oxygens (including phenoxy) is 2. The van der Waals surface area contributed by atoms with Gasteiger partial charge < -0.3 is 25.6 Å². The predicted octanol–water partition coefficient (Wildman–Crippen LogP) is 0.236. The maximum Gasteiger partial charge on any atom is 0.238 e. The summed E-state index contributed by atoms with van der Waals surface area (Å²) < 4.78 is 10.2. The van der Waals surface area contributed by atoms with Crippen molar-refractivity contribution in [3.05, 3.63) is 12.1 Å². The van der Waals surface area contributed by atoms with Gasteiger partial charge in [0.25, 0.3) is 0 Å². The third-order valence-electron chi connectivity index (χ3n) is 2.76. The maximum atomic E-state index is 10.1. The van der Waals surface area contributed by atoms with Gasteiger partial charge in [-0.25, -0.2) is 0 Å². The number of nitrogen functional groups attached to an aromatic ring is 1. The zero-order chi connectivity index (χ0) is 12.3. The highest BCUT2D eigenvalue weighted by Gasteiger charge is 2.31. The van der Waals surface area contributed by atoms with Gasteiger partial charge in [-0.3, -0.25) is 0 Å². The number of hydrogen-bond acceptors (Lipinski definition) is 6. The van der Waals surface area contributed by atoms with Crippen LogP contribution in [0.5, 0.6) is 5.88 Å². The minimum Gasteiger partial charge on any atom is -0.479 e. The predicted molar refractivity (Wildman–Crippen MR) is 64.1 cm³/mol. The number of nitrogens with zero attached hydrogens (tertiary/aromatic N) is 1. The molecule has 1 aromatic heterocycles. The van der Waals surface area contributed by atoms with E-state index in [9.17, 15) is 5.11 Å². The molecule has 0 aromatic carbocycles. The van der Waals surface area contributed by atoms with Crippen LogP contribution in [0.15, 0.2) is 12.1 Å². The Labute approximate surface area is 99.7 Å². The van der Waals surface area contributed by atoms with Crippen molar-refractivity contribution in [2.75, 3.05) is 37.9 Å². The van der Waals surface area contributed by atoms with Crippen molar-refractivity contribution in [3.63, 3.8) is 0 Å². The van der Waals surface area contributed by atoms with Gasteiger partial charge in [-0.1, -0.05) is 0 Å². The summed E-state index contributed by atoms with van der Waals surface area (Å²) in [5.74, 6) is 1.00. The van der Waals surface area contributed by atoms with Crippen LogP contribution in [-0.2, 0) is 4.74 Å². The molecular formula is C11H17N3O3. The van der Waals surface area contributed by atoms with Gasteiger partial charge in [0.15, 0.2) is 0 Å². The number of aliphatic hydroxyl groups is 1. The average molecular weight is 239 g/mol. The van der Waals surface area contributed by atoms with E-state index in [1.807, 2.05) is 0 Å². The maximum absolute atomic E-state index is 10.1. The van der Waals surface area contributed by atoms with Crippen LogP contribution in [0.25, 0.3) is 0 Å². The first-order valence-corrected chi connectivity index (χ1v) is 5.47. The molecule has 17 heavy (non-hydrogen) atoms. The molecule has 0 saturated carbocycles. The first kappa shape index (κ1) is 11.9. The lowest BCUT2D eigenvalue weighted by Gasteiger charge is -2.21. The standard InChI is InChI=1S/C11H17N3O3/c1-16-10-8(12)2-3-9(14-10)13-6-11(15)4-5-17-7-11/h2-3,15H,4-7,12H2,1H3,(H,13,14). The molecule has 1 atom stereocenters. The van der Waals surface area contributed by atoms with E-state index in [0.29, 0.717) is 43.6 Å². The molecule has 6 nitrogen and oxygen atoms in total. The highest BCUT2D eigenvalue weighted by Crippen LogP contribution is 2.22. The lowest BCUT2D eigenvalue weighted by molar-refractivity contribution is 0.0381. The van der Waals surface area contributed by atoms with Crippen molar-refractivity contribution >= 4 is 11.5 Å². The first-order chi connectivity index (χ1) is 8.13. The first-order valence-electron chi connectivity index (χ1n) is 5.47. The second kappa shape index (κ2) is 4.77. The summed E-state index contributed by atoms with van der Waals surface area (Å²) >= 11 is 0. The van der Waals surface area contributed by atoms with Crippen LogP contribution in [0, 0.1) is 0 Å². The van der Waals surface area contributed by atoms with Crippen molar-refractivity contribution in [2.45, 2.75) is 12.0 Å². The number of aromatic nitrogens is 1. The van der Waals surface area contributed by atoms with E-state index in [-0.39, 0.29) is 0 Å². The van der Waals surface area contributed by atoms with Crippen molar-refractivity contribution in [2.24, 2.45) is 0 Å². The molecule has 6 heteroatoms. The molecule has 1 saturated heterocycles. The Kier molecular flexibility index (Phi) is 3.35. The Morgan fingerprint density at radius 3 is 3.12 bits per heavy atom. The largest absolute Gasteiger partial charge is 0.479 e. The fraction of sp³-hybridized carbons (Fsp3) is 0.545. The molecule has 0 bridgehead atoms. The Morgan fingerprint density at radius 1 is 1.65 bits per heavy atom. The average Bonchev–Trinajstić information content (AvgIpc) is 2.76. The summed E-state index contributed by atoms with van der Waals surface area (Å²) in [7, 11) is 1.51. The lowest BCUT2D eigenvalue weighted by atomic mass is 10.0. The number of nitrogens with one attached hydrogen (secondary N) is 1. The van der Waals surface area contributed by atoms with Gasteiger partial charge in [-0.05, 0) is 12.1 Å². The van der Waals surface area contributed by atoms with Crippen LogP contribution in [-0.4, -0.2) is 42.6 Å². The minimum atomic E-state index is -0.809. The number of hydrogen-bond donors (Lipinski definition) is 3. The second-order valence-corrected chi connectivity index (χ2v) is 4.18. The number of methoxy groups -OCH3 is 1. The summed E-state index contributed by atoms with van der Waals surface area (Å²) in [5.41, 5.74) is 5.34. The summed E-state index contributed by atoms with van der Waals surface area (Å²) in [6, 6.07) is 3.46. The van der Waals surface area contributed by atoms with Gasteiger partial charge in [-0.2, -0.15) is 4.98 Å². The zero-order valence-electron chi connectivity index (χ0n) is 9.77. The van der Waals surface area contributed by atoms with E-state index in [4.69, 9.17) is 15.2 Å². The van der Waals surface area contributed by atoms with Gasteiger partial charge in [0.2, 0.25) is 5.88 Å². The quantitative estimate of drug-likeness (QED) is 0.697. The van der Waals surface area contributed by atoms with Crippen LogP contribution in [0.4, 0.5) is 11.5 Å². The van der Waals surface area contributed by atoms with Crippen LogP contribution in [0.1, 0.15) is 6.42 Å². The molecule has 0 spiro atoms. The molecule has 2 heterocycles. The highest BCUT2D eigenvalue weighted by atomic mass is 16.5. The number of nitrogens with two attached hydrogens (primary N) is 1. The number of rotatable bonds is 4. The van der Waals surface area contributed by atoms with Crippen molar-refractivity contribution < 1.29 is 14.6 Å². The molecule has 1 aromatic rings. The van der Waals surface area contributed by atoms with E-state index < -0.39 is 5.60 Å². The topological polar surface area (TPSA) is 89.6 Å². The molecule has 1 aliphatic heterocycles. The summed E-state index contributed by atoms with van der Waals surface area (Å²) in [5, 5.41) is 13.1. The Morgan fingerprint density at radius 2 is 2.47 bits per heavy atom. The normalized spacial score (nSPS) is 23.6. The Hall–Kier alpha value is -1.53. The van der Waals surface area contributed by atoms with Crippen molar-refractivity contribution in [3.8, 4) is 5.88 Å². The number of pyridine rings is 1. The fourth-order valence-electron chi connectivity index (χ4n) is 1.70. The van der Waals surface area contributed by atoms with Crippen LogP contribution in [0.2, 0.25) is 0 Å². The highest BCUT2D eigenvalue weighted by molar-refractivity contribution is 5.53. The molecule has 0 aliphatic carbocycles. The number of anilines is 2. The van der Waals surface area contributed by atoms with Gasteiger partial charge in [-0.15, -0.1) is 0 Å². The van der Waals surface area contributed by atoms with Crippen molar-refractivity contribution in [1.29, 1.82) is 0 Å². The third-order valence-corrected chi connectivity index (χ3v) is 2.76. The summed E-state index contributed by atoms with van der Waals surface area (Å²) in [6.45, 7) is 1.34. The molecule has 4 N–H and O–H groups in total. The van der Waals surface area contributed by atoms with E-state index in [0.717, 1.165) is 0 Å². The Bertz CT molecular complexity index is 392. The van der Waals surface area contributed by atoms with E-state index in [1.165, 1.54) is 7.11 Å². The van der Waals surface area contributed by atoms with E-state index in [1.54, 1.807) is 12.1 Å². The van der Waals surface area contributed by atoms with Crippen molar-refractivity contribution in [1.82, 2.24) is 4.98 Å². The Balaban J connectivity index is 1.99. The summed E-state index contributed by atoms with van der Waals surface area (Å²) in [6.07, 6.45) is 0.631. The fourth-order valence-corrected chi connectivity index (χ4v) is 1.70. The molecule has 2 rings (SSSR count). The molecule has 0 amide bonds. The van der Waals surface area contributed by atoms with Gasteiger partial charge in [0, 0.05) is 19.6 Å².